The number of aromatic nitrogens is 3. The number of carbonyl (C=O) groups excluding carboxylic acids is 1. The third-order valence-electron chi connectivity index (χ3n) is 4.03. The first kappa shape index (κ1) is 15.0. The van der Waals surface area contributed by atoms with Crippen molar-refractivity contribution >= 4 is 11.6 Å². The number of fused-ring (bicyclic) bond motifs is 1. The van der Waals surface area contributed by atoms with Crippen molar-refractivity contribution in [2.24, 2.45) is 0 Å². The Bertz CT molecular complexity index is 995. The quantitative estimate of drug-likeness (QED) is 0.584. The molecule has 0 fully saturated rings. The van der Waals surface area contributed by atoms with Crippen LogP contribution in [0, 0.1) is 10.1 Å². The molecule has 25 heavy (non-hydrogen) atoms. The molecule has 0 spiro atoms. The molecule has 0 saturated carbocycles. The summed E-state index contributed by atoms with van der Waals surface area (Å²) < 4.78 is 1.68. The summed E-state index contributed by atoms with van der Waals surface area (Å²) in [4.78, 5) is 26.7. The largest absolute Gasteiger partial charge is 0.349 e. The van der Waals surface area contributed by atoms with Crippen molar-refractivity contribution in [3.05, 3.63) is 64.5 Å². The maximum absolute atomic E-state index is 11.9. The first-order valence-corrected chi connectivity index (χ1v) is 7.69. The smallest absolute Gasteiger partial charge is 0.270 e. The molecule has 1 aliphatic heterocycles. The minimum Gasteiger partial charge on any atom is -0.349 e. The Labute approximate surface area is 142 Å². The van der Waals surface area contributed by atoms with Crippen molar-refractivity contribution < 1.29 is 9.72 Å². The number of non-ortho nitro benzene ring substituents is 1. The summed E-state index contributed by atoms with van der Waals surface area (Å²) >= 11 is 0. The summed E-state index contributed by atoms with van der Waals surface area (Å²) in [5, 5.41) is 18.2. The Morgan fingerprint density at radius 2 is 1.96 bits per heavy atom. The van der Waals surface area contributed by atoms with Gasteiger partial charge in [-0.3, -0.25) is 24.6 Å². The highest BCUT2D eigenvalue weighted by molar-refractivity contribution is 5.94. The zero-order valence-corrected chi connectivity index (χ0v) is 13.0. The van der Waals surface area contributed by atoms with E-state index in [4.69, 9.17) is 0 Å². The molecule has 0 atom stereocenters. The highest BCUT2D eigenvalue weighted by Gasteiger charge is 2.20. The van der Waals surface area contributed by atoms with Gasteiger partial charge < -0.3 is 5.32 Å². The van der Waals surface area contributed by atoms with Crippen LogP contribution in [0.2, 0.25) is 0 Å². The van der Waals surface area contributed by atoms with E-state index >= 15 is 0 Å². The molecule has 3 heterocycles. The highest BCUT2D eigenvalue weighted by Crippen LogP contribution is 2.27. The standard InChI is InChI=1S/C17H13N5O3/c23-17-16-10-15(20-21(16)7-6-19-17)12-4-5-18-14(9-12)11-2-1-3-13(8-11)22(24)25/h1-5,8-10H,6-7H2,(H,19,23). The van der Waals surface area contributed by atoms with Crippen molar-refractivity contribution in [1.29, 1.82) is 0 Å². The summed E-state index contributed by atoms with van der Waals surface area (Å²) in [6, 6.07) is 11.7. The summed E-state index contributed by atoms with van der Waals surface area (Å²) in [7, 11) is 0. The van der Waals surface area contributed by atoms with Crippen LogP contribution < -0.4 is 5.32 Å². The van der Waals surface area contributed by atoms with E-state index in [0.29, 0.717) is 35.7 Å². The van der Waals surface area contributed by atoms with E-state index in [1.807, 2.05) is 6.07 Å². The Morgan fingerprint density at radius 1 is 1.12 bits per heavy atom. The van der Waals surface area contributed by atoms with Gasteiger partial charge in [-0.1, -0.05) is 12.1 Å². The molecule has 2 aromatic heterocycles. The van der Waals surface area contributed by atoms with Gasteiger partial charge in [0.25, 0.3) is 11.6 Å². The van der Waals surface area contributed by atoms with Gasteiger partial charge in [0.05, 0.1) is 22.9 Å². The third kappa shape index (κ3) is 2.74. The van der Waals surface area contributed by atoms with Crippen molar-refractivity contribution in [2.75, 3.05) is 6.54 Å². The van der Waals surface area contributed by atoms with E-state index in [1.165, 1.54) is 12.1 Å². The predicted octanol–water partition coefficient (Wildman–Crippen LogP) is 2.26. The number of nitro benzene ring substituents is 1. The van der Waals surface area contributed by atoms with Gasteiger partial charge in [-0.05, 0) is 18.2 Å². The fourth-order valence-electron chi connectivity index (χ4n) is 2.80. The summed E-state index contributed by atoms with van der Waals surface area (Å²) in [6.07, 6.45) is 1.63. The normalized spacial score (nSPS) is 13.2. The number of rotatable bonds is 3. The lowest BCUT2D eigenvalue weighted by molar-refractivity contribution is -0.384. The zero-order chi connectivity index (χ0) is 17.4. The third-order valence-corrected chi connectivity index (χ3v) is 4.03. The lowest BCUT2D eigenvalue weighted by Gasteiger charge is -2.13. The Morgan fingerprint density at radius 3 is 2.76 bits per heavy atom. The molecule has 4 rings (SSSR count). The number of nitrogens with zero attached hydrogens (tertiary/aromatic N) is 4. The number of hydrogen-bond donors (Lipinski definition) is 1. The molecule has 0 bridgehead atoms. The minimum absolute atomic E-state index is 0.0128. The van der Waals surface area contributed by atoms with E-state index in [9.17, 15) is 14.9 Å². The summed E-state index contributed by atoms with van der Waals surface area (Å²) in [5.74, 6) is -0.141. The Balaban J connectivity index is 1.74. The van der Waals surface area contributed by atoms with Crippen molar-refractivity contribution in [1.82, 2.24) is 20.1 Å². The summed E-state index contributed by atoms with van der Waals surface area (Å²) in [5.41, 5.74) is 3.26. The molecule has 0 unspecified atom stereocenters. The molecule has 1 amide bonds. The SMILES string of the molecule is O=C1NCCn2nc(-c3ccnc(-c4cccc([N+](=O)[O-])c4)c3)cc21. The average Bonchev–Trinajstić information content (AvgIpc) is 3.08. The van der Waals surface area contributed by atoms with Crippen LogP contribution in [0.15, 0.2) is 48.7 Å². The van der Waals surface area contributed by atoms with Gasteiger partial charge in [-0.2, -0.15) is 5.10 Å². The van der Waals surface area contributed by atoms with Gasteiger partial charge in [0.1, 0.15) is 5.69 Å². The number of hydrogen-bond acceptors (Lipinski definition) is 5. The lowest BCUT2D eigenvalue weighted by atomic mass is 10.1. The van der Waals surface area contributed by atoms with E-state index in [0.717, 1.165) is 5.56 Å². The van der Waals surface area contributed by atoms with Crippen LogP contribution in [0.1, 0.15) is 10.5 Å². The van der Waals surface area contributed by atoms with E-state index in [1.54, 1.807) is 35.1 Å². The van der Waals surface area contributed by atoms with Crippen LogP contribution in [0.3, 0.4) is 0 Å². The van der Waals surface area contributed by atoms with E-state index in [-0.39, 0.29) is 11.6 Å². The number of nitro groups is 1. The molecule has 1 N–H and O–H groups in total. The number of nitrogens with one attached hydrogen (secondary N) is 1. The van der Waals surface area contributed by atoms with Crippen LogP contribution >= 0.6 is 0 Å². The second-order valence-corrected chi connectivity index (χ2v) is 5.63. The van der Waals surface area contributed by atoms with Gasteiger partial charge in [0.2, 0.25) is 0 Å². The second kappa shape index (κ2) is 5.82. The van der Waals surface area contributed by atoms with Crippen LogP contribution in [-0.2, 0) is 6.54 Å². The molecule has 124 valence electrons. The van der Waals surface area contributed by atoms with E-state index in [2.05, 4.69) is 15.4 Å². The molecule has 3 aromatic rings. The predicted molar refractivity (Wildman–Crippen MR) is 89.9 cm³/mol. The number of amides is 1. The molecule has 0 radical (unpaired) electrons. The van der Waals surface area contributed by atoms with E-state index < -0.39 is 4.92 Å². The van der Waals surface area contributed by atoms with Crippen LogP contribution in [0.5, 0.6) is 0 Å². The van der Waals surface area contributed by atoms with Gasteiger partial charge in [-0.15, -0.1) is 0 Å². The lowest BCUT2D eigenvalue weighted by Crippen LogP contribution is -2.35. The van der Waals surface area contributed by atoms with Gasteiger partial charge in [0, 0.05) is 36.0 Å². The fraction of sp³-hybridized carbons (Fsp3) is 0.118. The monoisotopic (exact) mass is 335 g/mol. The van der Waals surface area contributed by atoms with Gasteiger partial charge in [-0.25, -0.2) is 0 Å². The van der Waals surface area contributed by atoms with Crippen molar-refractivity contribution in [2.45, 2.75) is 6.54 Å². The number of pyridine rings is 1. The molecule has 8 nitrogen and oxygen atoms in total. The first-order valence-electron chi connectivity index (χ1n) is 7.69. The Hall–Kier alpha value is -3.55. The average molecular weight is 335 g/mol. The molecule has 8 heteroatoms. The zero-order valence-electron chi connectivity index (χ0n) is 13.0. The van der Waals surface area contributed by atoms with Crippen molar-refractivity contribution in [3.8, 4) is 22.5 Å². The second-order valence-electron chi connectivity index (χ2n) is 5.63. The Kier molecular flexibility index (Phi) is 3.50. The topological polar surface area (TPSA) is 103 Å². The highest BCUT2D eigenvalue weighted by atomic mass is 16.6. The first-order chi connectivity index (χ1) is 12.1. The molecular weight excluding hydrogens is 322 g/mol. The van der Waals surface area contributed by atoms with Crippen LogP contribution in [0.4, 0.5) is 5.69 Å². The number of benzene rings is 1. The molecular formula is C17H13N5O3. The van der Waals surface area contributed by atoms with Gasteiger partial charge in [0.15, 0.2) is 0 Å². The van der Waals surface area contributed by atoms with Crippen LogP contribution in [0.25, 0.3) is 22.5 Å². The van der Waals surface area contributed by atoms with Crippen LogP contribution in [-0.4, -0.2) is 32.1 Å². The summed E-state index contributed by atoms with van der Waals surface area (Å²) in [6.45, 7) is 1.19. The maximum Gasteiger partial charge on any atom is 0.270 e. The molecule has 0 saturated heterocycles. The van der Waals surface area contributed by atoms with Gasteiger partial charge >= 0.3 is 0 Å². The maximum atomic E-state index is 11.9. The number of carbonyl (C=O) groups is 1. The molecule has 1 aliphatic rings. The fourth-order valence-corrected chi connectivity index (χ4v) is 2.80. The van der Waals surface area contributed by atoms with Crippen molar-refractivity contribution in [3.63, 3.8) is 0 Å². The minimum atomic E-state index is -0.435. The molecule has 1 aromatic carbocycles. The molecule has 0 aliphatic carbocycles.